The first-order valence-corrected chi connectivity index (χ1v) is 11.0. The summed E-state index contributed by atoms with van der Waals surface area (Å²) in [4.78, 5) is 40.5. The van der Waals surface area contributed by atoms with Crippen LogP contribution in [0.25, 0.3) is 17.4 Å². The normalized spacial score (nSPS) is 18.5. The summed E-state index contributed by atoms with van der Waals surface area (Å²) in [7, 11) is 0. The third kappa shape index (κ3) is 4.32. The maximum absolute atomic E-state index is 12.7. The van der Waals surface area contributed by atoms with Gasteiger partial charge < -0.3 is 9.32 Å². The molecule has 6 nitrogen and oxygen atoms in total. The highest BCUT2D eigenvalue weighted by molar-refractivity contribution is 8.18. The van der Waals surface area contributed by atoms with E-state index in [0.29, 0.717) is 29.6 Å². The highest BCUT2D eigenvalue weighted by Gasteiger charge is 2.37. The average Bonchev–Trinajstić information content (AvgIpc) is 3.30. The molecule has 0 aliphatic carbocycles. The number of halogens is 1. The smallest absolute Gasteiger partial charge is 0.294 e. The highest BCUT2D eigenvalue weighted by atomic mass is 35.5. The molecule has 0 unspecified atom stereocenters. The van der Waals surface area contributed by atoms with Crippen molar-refractivity contribution in [3.63, 3.8) is 0 Å². The number of likely N-dealkylation sites (tertiary alicyclic amines) is 1. The fourth-order valence-electron chi connectivity index (χ4n) is 3.58. The zero-order valence-corrected chi connectivity index (χ0v) is 18.1. The van der Waals surface area contributed by atoms with Gasteiger partial charge >= 0.3 is 0 Å². The standard InChI is InChI=1S/C22H21ClN2O4S/c1-14-5-6-15(23)11-17(14)18-8-7-16(29-18)12-19-21(27)25(22(28)30-19)13-20(26)24-9-3-2-4-10-24/h5-8,11-12H,2-4,9-10,13H2,1H3/b19-12-. The Morgan fingerprint density at radius 1 is 1.17 bits per heavy atom. The number of piperidine rings is 1. The van der Waals surface area contributed by atoms with Crippen molar-refractivity contribution in [2.24, 2.45) is 0 Å². The van der Waals surface area contributed by atoms with Crippen LogP contribution in [0.15, 0.2) is 39.7 Å². The number of rotatable bonds is 4. The van der Waals surface area contributed by atoms with Gasteiger partial charge in [0.05, 0.1) is 4.91 Å². The molecular formula is C22H21ClN2O4S. The fraction of sp³-hybridized carbons (Fsp3) is 0.318. The van der Waals surface area contributed by atoms with E-state index in [4.69, 9.17) is 16.0 Å². The van der Waals surface area contributed by atoms with Gasteiger partial charge in [-0.3, -0.25) is 19.3 Å². The molecule has 1 aromatic heterocycles. The zero-order chi connectivity index (χ0) is 21.3. The monoisotopic (exact) mass is 444 g/mol. The molecule has 2 aliphatic rings. The van der Waals surface area contributed by atoms with E-state index in [1.807, 2.05) is 25.1 Å². The summed E-state index contributed by atoms with van der Waals surface area (Å²) in [6, 6.07) is 9.08. The summed E-state index contributed by atoms with van der Waals surface area (Å²) < 4.78 is 5.86. The van der Waals surface area contributed by atoms with Gasteiger partial charge in [-0.05, 0) is 67.8 Å². The Hall–Kier alpha value is -2.51. The van der Waals surface area contributed by atoms with E-state index < -0.39 is 11.1 Å². The maximum atomic E-state index is 12.7. The van der Waals surface area contributed by atoms with Gasteiger partial charge in [0.15, 0.2) is 0 Å². The molecule has 1 aromatic carbocycles. The molecule has 4 rings (SSSR count). The Kier molecular flexibility index (Phi) is 6.01. The minimum Gasteiger partial charge on any atom is -0.457 e. The summed E-state index contributed by atoms with van der Waals surface area (Å²) >= 11 is 6.91. The Morgan fingerprint density at radius 3 is 2.70 bits per heavy atom. The van der Waals surface area contributed by atoms with Gasteiger partial charge in [0.2, 0.25) is 5.91 Å². The van der Waals surface area contributed by atoms with Crippen LogP contribution in [0.4, 0.5) is 4.79 Å². The second-order valence-electron chi connectivity index (χ2n) is 7.37. The Balaban J connectivity index is 1.49. The lowest BCUT2D eigenvalue weighted by molar-refractivity contribution is -0.136. The minimum absolute atomic E-state index is 0.185. The average molecular weight is 445 g/mol. The summed E-state index contributed by atoms with van der Waals surface area (Å²) in [6.45, 7) is 3.11. The molecule has 0 bridgehead atoms. The van der Waals surface area contributed by atoms with Crippen molar-refractivity contribution in [1.82, 2.24) is 9.80 Å². The predicted molar refractivity (Wildman–Crippen MR) is 117 cm³/mol. The van der Waals surface area contributed by atoms with Gasteiger partial charge in [-0.1, -0.05) is 17.7 Å². The van der Waals surface area contributed by atoms with Gasteiger partial charge in [0.1, 0.15) is 18.1 Å². The molecular weight excluding hydrogens is 424 g/mol. The molecule has 0 atom stereocenters. The number of imide groups is 1. The summed E-state index contributed by atoms with van der Waals surface area (Å²) in [5.41, 5.74) is 1.87. The molecule has 0 radical (unpaired) electrons. The first kappa shape index (κ1) is 20.8. The summed E-state index contributed by atoms with van der Waals surface area (Å²) in [5, 5.41) is 0.169. The van der Waals surface area contributed by atoms with Crippen LogP contribution < -0.4 is 0 Å². The van der Waals surface area contributed by atoms with E-state index in [2.05, 4.69) is 0 Å². The van der Waals surface area contributed by atoms with Crippen LogP contribution in [0.1, 0.15) is 30.6 Å². The largest absolute Gasteiger partial charge is 0.457 e. The topological polar surface area (TPSA) is 70.8 Å². The van der Waals surface area contributed by atoms with E-state index >= 15 is 0 Å². The van der Waals surface area contributed by atoms with Gasteiger partial charge in [-0.2, -0.15) is 0 Å². The molecule has 0 saturated carbocycles. The lowest BCUT2D eigenvalue weighted by Crippen LogP contribution is -2.44. The molecule has 2 aromatic rings. The van der Waals surface area contributed by atoms with Crippen molar-refractivity contribution in [3.8, 4) is 11.3 Å². The van der Waals surface area contributed by atoms with Crippen molar-refractivity contribution in [1.29, 1.82) is 0 Å². The first-order valence-electron chi connectivity index (χ1n) is 9.82. The van der Waals surface area contributed by atoms with Gasteiger partial charge in [0, 0.05) is 29.8 Å². The number of carbonyl (C=O) groups is 3. The predicted octanol–water partition coefficient (Wildman–Crippen LogP) is 4.96. The highest BCUT2D eigenvalue weighted by Crippen LogP contribution is 2.34. The molecule has 2 aliphatic heterocycles. The molecule has 2 saturated heterocycles. The fourth-order valence-corrected chi connectivity index (χ4v) is 4.57. The third-order valence-corrected chi connectivity index (χ3v) is 6.38. The molecule has 3 heterocycles. The van der Waals surface area contributed by atoms with Crippen molar-refractivity contribution in [3.05, 3.63) is 51.6 Å². The number of furan rings is 1. The number of amides is 3. The van der Waals surface area contributed by atoms with Crippen molar-refractivity contribution in [2.75, 3.05) is 19.6 Å². The van der Waals surface area contributed by atoms with Crippen LogP contribution in [0.3, 0.4) is 0 Å². The van der Waals surface area contributed by atoms with Crippen LogP contribution in [0, 0.1) is 6.92 Å². The summed E-state index contributed by atoms with van der Waals surface area (Å²) in [5.74, 6) is 0.431. The van der Waals surface area contributed by atoms with E-state index in [1.54, 1.807) is 23.1 Å². The quantitative estimate of drug-likeness (QED) is 0.623. The van der Waals surface area contributed by atoms with Crippen LogP contribution in [-0.4, -0.2) is 46.5 Å². The third-order valence-electron chi connectivity index (χ3n) is 5.24. The Labute approximate surface area is 183 Å². The van der Waals surface area contributed by atoms with Gasteiger partial charge in [0.25, 0.3) is 11.1 Å². The van der Waals surface area contributed by atoms with Crippen LogP contribution >= 0.6 is 23.4 Å². The molecule has 0 spiro atoms. The lowest BCUT2D eigenvalue weighted by Gasteiger charge is -2.27. The lowest BCUT2D eigenvalue weighted by atomic mass is 10.1. The number of benzene rings is 1. The van der Waals surface area contributed by atoms with Gasteiger partial charge in [-0.25, -0.2) is 0 Å². The van der Waals surface area contributed by atoms with Crippen molar-refractivity contribution >= 4 is 46.5 Å². The SMILES string of the molecule is Cc1ccc(Cl)cc1-c1ccc(/C=C2\SC(=O)N(CC(=O)N3CCCCC3)C2=O)o1. The molecule has 2 fully saturated rings. The van der Waals surface area contributed by atoms with E-state index in [9.17, 15) is 14.4 Å². The van der Waals surface area contributed by atoms with Gasteiger partial charge in [-0.15, -0.1) is 0 Å². The Bertz CT molecular complexity index is 1040. The first-order chi connectivity index (χ1) is 14.4. The molecule has 156 valence electrons. The van der Waals surface area contributed by atoms with E-state index in [-0.39, 0.29) is 17.4 Å². The summed E-state index contributed by atoms with van der Waals surface area (Å²) in [6.07, 6.45) is 4.56. The van der Waals surface area contributed by atoms with E-state index in [1.165, 1.54) is 0 Å². The maximum Gasteiger partial charge on any atom is 0.294 e. The van der Waals surface area contributed by atoms with Crippen molar-refractivity contribution < 1.29 is 18.8 Å². The zero-order valence-electron chi connectivity index (χ0n) is 16.5. The number of carbonyl (C=O) groups excluding carboxylic acids is 3. The number of thioether (sulfide) groups is 1. The second-order valence-corrected chi connectivity index (χ2v) is 8.80. The van der Waals surface area contributed by atoms with Crippen molar-refractivity contribution in [2.45, 2.75) is 26.2 Å². The van der Waals surface area contributed by atoms with Crippen LogP contribution in [0.2, 0.25) is 5.02 Å². The minimum atomic E-state index is -0.466. The number of nitrogens with zero attached hydrogens (tertiary/aromatic N) is 2. The van der Waals surface area contributed by atoms with Crippen LogP contribution in [-0.2, 0) is 9.59 Å². The molecule has 0 N–H and O–H groups in total. The second kappa shape index (κ2) is 8.70. The van der Waals surface area contributed by atoms with E-state index in [0.717, 1.165) is 47.1 Å². The van der Waals surface area contributed by atoms with Crippen LogP contribution in [0.5, 0.6) is 0 Å². The molecule has 30 heavy (non-hydrogen) atoms. The Morgan fingerprint density at radius 2 is 1.93 bits per heavy atom. The molecule has 8 heteroatoms. The number of hydrogen-bond acceptors (Lipinski definition) is 5. The molecule has 3 amide bonds. The number of aryl methyl sites for hydroxylation is 1. The number of hydrogen-bond donors (Lipinski definition) is 0.